The SMILES string of the molecule is O=C(O)NC[C@H]1CC[C@H](CN(CCc2ccccc2)S(=O)(=O)c2ccc3ccccc3c2)CC1. The Morgan fingerprint density at radius 2 is 1.53 bits per heavy atom. The molecule has 0 atom stereocenters. The van der Waals surface area contributed by atoms with E-state index in [1.54, 1.807) is 16.4 Å². The number of nitrogens with zero attached hydrogens (tertiary/aromatic N) is 1. The predicted octanol–water partition coefficient (Wildman–Crippen LogP) is 5.15. The predicted molar refractivity (Wildman–Crippen MR) is 134 cm³/mol. The monoisotopic (exact) mass is 480 g/mol. The maximum absolute atomic E-state index is 13.8. The number of amides is 1. The van der Waals surface area contributed by atoms with Crippen molar-refractivity contribution in [3.8, 4) is 0 Å². The van der Waals surface area contributed by atoms with Crippen LogP contribution < -0.4 is 5.32 Å². The molecule has 180 valence electrons. The molecule has 0 aliphatic heterocycles. The van der Waals surface area contributed by atoms with Crippen LogP contribution in [0.2, 0.25) is 0 Å². The van der Waals surface area contributed by atoms with Crippen molar-refractivity contribution < 1.29 is 18.3 Å². The molecule has 0 saturated heterocycles. The van der Waals surface area contributed by atoms with Crippen molar-refractivity contribution in [2.75, 3.05) is 19.6 Å². The van der Waals surface area contributed by atoms with Crippen LogP contribution in [-0.4, -0.2) is 43.6 Å². The van der Waals surface area contributed by atoms with Crippen molar-refractivity contribution in [1.82, 2.24) is 9.62 Å². The fourth-order valence-electron chi connectivity index (χ4n) is 4.82. The van der Waals surface area contributed by atoms with Crippen LogP contribution in [0.15, 0.2) is 77.7 Å². The summed E-state index contributed by atoms with van der Waals surface area (Å²) in [4.78, 5) is 11.1. The van der Waals surface area contributed by atoms with Gasteiger partial charge in [-0.05, 0) is 72.4 Å². The Morgan fingerprint density at radius 3 is 2.24 bits per heavy atom. The summed E-state index contributed by atoms with van der Waals surface area (Å²) in [5.41, 5.74) is 1.12. The first-order valence-corrected chi connectivity index (χ1v) is 13.4. The molecule has 34 heavy (non-hydrogen) atoms. The Bertz CT molecular complexity index is 1210. The lowest BCUT2D eigenvalue weighted by Crippen LogP contribution is -2.38. The minimum absolute atomic E-state index is 0.270. The van der Waals surface area contributed by atoms with E-state index in [2.05, 4.69) is 5.32 Å². The second-order valence-corrected chi connectivity index (χ2v) is 11.1. The zero-order valence-corrected chi connectivity index (χ0v) is 20.1. The molecule has 0 bridgehead atoms. The molecule has 1 fully saturated rings. The Morgan fingerprint density at radius 1 is 0.882 bits per heavy atom. The summed E-state index contributed by atoms with van der Waals surface area (Å²) in [5, 5.41) is 13.3. The summed E-state index contributed by atoms with van der Waals surface area (Å²) in [5.74, 6) is 0.592. The third-order valence-corrected chi connectivity index (χ3v) is 8.68. The Kier molecular flexibility index (Phi) is 7.85. The Hall–Kier alpha value is -2.90. The maximum atomic E-state index is 13.8. The van der Waals surface area contributed by atoms with Crippen molar-refractivity contribution in [2.24, 2.45) is 11.8 Å². The van der Waals surface area contributed by atoms with Gasteiger partial charge >= 0.3 is 6.09 Å². The maximum Gasteiger partial charge on any atom is 0.404 e. The largest absolute Gasteiger partial charge is 0.465 e. The van der Waals surface area contributed by atoms with Crippen molar-refractivity contribution in [2.45, 2.75) is 37.0 Å². The molecular formula is C27H32N2O4S. The summed E-state index contributed by atoms with van der Waals surface area (Å²) < 4.78 is 29.2. The summed E-state index contributed by atoms with van der Waals surface area (Å²) in [7, 11) is -3.65. The van der Waals surface area contributed by atoms with E-state index in [0.717, 1.165) is 42.0 Å². The molecule has 0 radical (unpaired) electrons. The average Bonchev–Trinajstić information content (AvgIpc) is 2.86. The fraction of sp³-hybridized carbons (Fsp3) is 0.370. The van der Waals surface area contributed by atoms with Gasteiger partial charge in [0, 0.05) is 19.6 Å². The number of carbonyl (C=O) groups is 1. The van der Waals surface area contributed by atoms with Crippen LogP contribution in [0, 0.1) is 11.8 Å². The fourth-order valence-corrected chi connectivity index (χ4v) is 6.38. The first-order valence-electron chi connectivity index (χ1n) is 11.9. The van der Waals surface area contributed by atoms with Crippen LogP contribution in [0.3, 0.4) is 0 Å². The van der Waals surface area contributed by atoms with E-state index in [1.807, 2.05) is 60.7 Å². The molecule has 0 heterocycles. The van der Waals surface area contributed by atoms with Crippen molar-refractivity contribution in [3.05, 3.63) is 78.4 Å². The van der Waals surface area contributed by atoms with Gasteiger partial charge in [0.15, 0.2) is 0 Å². The van der Waals surface area contributed by atoms with Crippen LogP contribution in [0.25, 0.3) is 10.8 Å². The van der Waals surface area contributed by atoms with Crippen LogP contribution in [0.1, 0.15) is 31.2 Å². The lowest BCUT2D eigenvalue weighted by Gasteiger charge is -2.32. The van der Waals surface area contributed by atoms with Gasteiger partial charge in [-0.25, -0.2) is 13.2 Å². The smallest absolute Gasteiger partial charge is 0.404 e. The lowest BCUT2D eigenvalue weighted by molar-refractivity contribution is 0.185. The molecule has 1 amide bonds. The topological polar surface area (TPSA) is 86.7 Å². The number of fused-ring (bicyclic) bond motifs is 1. The number of nitrogens with one attached hydrogen (secondary N) is 1. The molecule has 0 unspecified atom stereocenters. The molecule has 1 aliphatic carbocycles. The minimum Gasteiger partial charge on any atom is -0.465 e. The summed E-state index contributed by atoms with van der Waals surface area (Å²) in [6, 6.07) is 23.1. The molecule has 1 aliphatic rings. The van der Waals surface area contributed by atoms with Gasteiger partial charge in [0.1, 0.15) is 0 Å². The average molecular weight is 481 g/mol. The lowest BCUT2D eigenvalue weighted by atomic mass is 9.82. The van der Waals surface area contributed by atoms with E-state index in [0.29, 0.717) is 36.9 Å². The highest BCUT2D eigenvalue weighted by Crippen LogP contribution is 2.31. The first-order chi connectivity index (χ1) is 16.4. The highest BCUT2D eigenvalue weighted by molar-refractivity contribution is 7.89. The quantitative estimate of drug-likeness (QED) is 0.444. The highest BCUT2D eigenvalue weighted by atomic mass is 32.2. The zero-order valence-electron chi connectivity index (χ0n) is 19.3. The second-order valence-electron chi connectivity index (χ2n) is 9.18. The number of hydrogen-bond acceptors (Lipinski definition) is 3. The van der Waals surface area contributed by atoms with E-state index in [4.69, 9.17) is 5.11 Å². The molecule has 4 rings (SSSR count). The molecule has 0 aromatic heterocycles. The highest BCUT2D eigenvalue weighted by Gasteiger charge is 2.30. The van der Waals surface area contributed by atoms with E-state index < -0.39 is 16.1 Å². The van der Waals surface area contributed by atoms with E-state index in [-0.39, 0.29) is 5.92 Å². The third-order valence-electron chi connectivity index (χ3n) is 6.82. The normalized spacial score (nSPS) is 18.7. The zero-order chi connectivity index (χ0) is 24.0. The number of rotatable bonds is 9. The van der Waals surface area contributed by atoms with Crippen LogP contribution in [0.4, 0.5) is 4.79 Å². The molecule has 3 aromatic rings. The third kappa shape index (κ3) is 6.15. The number of sulfonamides is 1. The van der Waals surface area contributed by atoms with Crippen molar-refractivity contribution in [1.29, 1.82) is 0 Å². The molecule has 7 heteroatoms. The van der Waals surface area contributed by atoms with Crippen molar-refractivity contribution >= 4 is 26.9 Å². The van der Waals surface area contributed by atoms with Crippen molar-refractivity contribution in [3.63, 3.8) is 0 Å². The molecule has 2 N–H and O–H groups in total. The standard InChI is InChI=1S/C27H32N2O4S/c30-27(31)28-19-22-10-12-23(13-11-22)20-29(17-16-21-6-2-1-3-7-21)34(32,33)26-15-14-24-8-4-5-9-25(24)18-26/h1-9,14-15,18,22-23,28H,10-13,16-17,19-20H2,(H,30,31)/t22-,23-. The summed E-state index contributed by atoms with van der Waals surface area (Å²) in [6.07, 6.45) is 3.30. The van der Waals surface area contributed by atoms with Gasteiger partial charge in [-0.3, -0.25) is 0 Å². The van der Waals surface area contributed by atoms with Crippen LogP contribution >= 0.6 is 0 Å². The Balaban J connectivity index is 1.50. The first kappa shape index (κ1) is 24.2. The number of hydrogen-bond donors (Lipinski definition) is 2. The molecular weight excluding hydrogens is 448 g/mol. The van der Waals surface area contributed by atoms with Crippen LogP contribution in [0.5, 0.6) is 0 Å². The van der Waals surface area contributed by atoms with Gasteiger partial charge in [-0.1, -0.05) is 60.7 Å². The van der Waals surface area contributed by atoms with E-state index in [1.165, 1.54) is 0 Å². The molecule has 6 nitrogen and oxygen atoms in total. The number of carboxylic acid groups (broad SMARTS) is 1. The van der Waals surface area contributed by atoms with Gasteiger partial charge in [0.2, 0.25) is 10.0 Å². The second kappa shape index (κ2) is 11.0. The molecule has 3 aromatic carbocycles. The van der Waals surface area contributed by atoms with Gasteiger partial charge in [0.05, 0.1) is 4.90 Å². The molecule has 0 spiro atoms. The van der Waals surface area contributed by atoms with E-state index in [9.17, 15) is 13.2 Å². The van der Waals surface area contributed by atoms with Gasteiger partial charge in [-0.2, -0.15) is 4.31 Å². The van der Waals surface area contributed by atoms with Gasteiger partial charge < -0.3 is 10.4 Å². The Labute approximate surface area is 201 Å². The number of benzene rings is 3. The summed E-state index contributed by atoms with van der Waals surface area (Å²) >= 11 is 0. The summed E-state index contributed by atoms with van der Waals surface area (Å²) in [6.45, 7) is 1.38. The van der Waals surface area contributed by atoms with Gasteiger partial charge in [0.25, 0.3) is 0 Å². The van der Waals surface area contributed by atoms with Crippen LogP contribution in [-0.2, 0) is 16.4 Å². The molecule has 1 saturated carbocycles. The van der Waals surface area contributed by atoms with E-state index >= 15 is 0 Å². The van der Waals surface area contributed by atoms with Gasteiger partial charge in [-0.15, -0.1) is 0 Å². The minimum atomic E-state index is -3.65.